The van der Waals surface area contributed by atoms with E-state index in [2.05, 4.69) is 10.4 Å². The molecular formula is C15H19F2N3O. The van der Waals surface area contributed by atoms with Crippen LogP contribution in [-0.4, -0.2) is 23.4 Å². The molecule has 0 aliphatic carbocycles. The fourth-order valence-corrected chi connectivity index (χ4v) is 2.09. The Morgan fingerprint density at radius 1 is 1.29 bits per heavy atom. The lowest BCUT2D eigenvalue weighted by atomic mass is 10.2. The van der Waals surface area contributed by atoms with Gasteiger partial charge in [0.15, 0.2) is 0 Å². The molecular weight excluding hydrogens is 276 g/mol. The second-order valence-electron chi connectivity index (χ2n) is 4.64. The molecule has 0 fully saturated rings. The molecule has 114 valence electrons. The van der Waals surface area contributed by atoms with Crippen LogP contribution in [0.4, 0.5) is 8.78 Å². The number of nitrogens with one attached hydrogen (secondary N) is 1. The summed E-state index contributed by atoms with van der Waals surface area (Å²) in [5.74, 6) is 0.675. The summed E-state index contributed by atoms with van der Waals surface area (Å²) >= 11 is 0. The molecule has 2 aromatic rings. The summed E-state index contributed by atoms with van der Waals surface area (Å²) in [6, 6.07) is 6.87. The van der Waals surface area contributed by atoms with Crippen molar-refractivity contribution < 1.29 is 13.5 Å². The van der Waals surface area contributed by atoms with Crippen LogP contribution in [0.15, 0.2) is 30.5 Å². The first-order valence-electron chi connectivity index (χ1n) is 6.87. The van der Waals surface area contributed by atoms with Crippen molar-refractivity contribution >= 4 is 0 Å². The molecule has 0 bridgehead atoms. The number of hydrogen-bond donors (Lipinski definition) is 1. The second kappa shape index (κ2) is 7.17. The average Bonchev–Trinajstić information content (AvgIpc) is 2.92. The van der Waals surface area contributed by atoms with Gasteiger partial charge in [-0.3, -0.25) is 0 Å². The number of halogens is 2. The van der Waals surface area contributed by atoms with Gasteiger partial charge in [-0.25, -0.2) is 13.5 Å². The Morgan fingerprint density at radius 3 is 2.57 bits per heavy atom. The third kappa shape index (κ3) is 3.58. The lowest BCUT2D eigenvalue weighted by Crippen LogP contribution is -2.15. The van der Waals surface area contributed by atoms with Crippen LogP contribution in [0.3, 0.4) is 0 Å². The Balaban J connectivity index is 2.29. The van der Waals surface area contributed by atoms with E-state index in [0.717, 1.165) is 13.0 Å². The van der Waals surface area contributed by atoms with Gasteiger partial charge in [-0.05, 0) is 37.2 Å². The molecule has 1 aromatic heterocycles. The SMILES string of the molecule is CCCNCc1cnn(-c2ccc(OC)cc2)c1C(F)F. The topological polar surface area (TPSA) is 39.1 Å². The lowest BCUT2D eigenvalue weighted by Gasteiger charge is -2.10. The van der Waals surface area contributed by atoms with Gasteiger partial charge >= 0.3 is 0 Å². The Morgan fingerprint density at radius 2 is 2.00 bits per heavy atom. The van der Waals surface area contributed by atoms with Crippen LogP contribution < -0.4 is 10.1 Å². The fourth-order valence-electron chi connectivity index (χ4n) is 2.09. The molecule has 1 N–H and O–H groups in total. The smallest absolute Gasteiger partial charge is 0.280 e. The molecule has 0 atom stereocenters. The van der Waals surface area contributed by atoms with Gasteiger partial charge in [0.05, 0.1) is 19.0 Å². The van der Waals surface area contributed by atoms with E-state index in [1.807, 2.05) is 6.92 Å². The zero-order valence-corrected chi connectivity index (χ0v) is 12.1. The number of rotatable bonds is 7. The molecule has 0 radical (unpaired) electrons. The van der Waals surface area contributed by atoms with E-state index in [1.165, 1.54) is 10.9 Å². The van der Waals surface area contributed by atoms with Crippen LogP contribution in [0.2, 0.25) is 0 Å². The second-order valence-corrected chi connectivity index (χ2v) is 4.64. The van der Waals surface area contributed by atoms with Gasteiger partial charge in [-0.2, -0.15) is 5.10 Å². The number of hydrogen-bond acceptors (Lipinski definition) is 3. The molecule has 2 rings (SSSR count). The van der Waals surface area contributed by atoms with E-state index < -0.39 is 6.43 Å². The summed E-state index contributed by atoms with van der Waals surface area (Å²) in [4.78, 5) is 0. The van der Waals surface area contributed by atoms with Gasteiger partial charge in [0.2, 0.25) is 0 Å². The molecule has 0 unspecified atom stereocenters. The fraction of sp³-hybridized carbons (Fsp3) is 0.400. The quantitative estimate of drug-likeness (QED) is 0.796. The van der Waals surface area contributed by atoms with E-state index in [9.17, 15) is 8.78 Å². The van der Waals surface area contributed by atoms with Crippen LogP contribution in [0.25, 0.3) is 5.69 Å². The molecule has 1 aromatic carbocycles. The first-order chi connectivity index (χ1) is 10.2. The van der Waals surface area contributed by atoms with Gasteiger partial charge in [0.25, 0.3) is 6.43 Å². The average molecular weight is 295 g/mol. The Labute approximate surface area is 122 Å². The van der Waals surface area contributed by atoms with Gasteiger partial charge in [-0.15, -0.1) is 0 Å². The van der Waals surface area contributed by atoms with Gasteiger partial charge in [-0.1, -0.05) is 6.92 Å². The van der Waals surface area contributed by atoms with Gasteiger partial charge in [0, 0.05) is 12.1 Å². The van der Waals surface area contributed by atoms with Crippen molar-refractivity contribution in [1.82, 2.24) is 15.1 Å². The molecule has 4 nitrogen and oxygen atoms in total. The molecule has 21 heavy (non-hydrogen) atoms. The minimum atomic E-state index is -2.58. The van der Waals surface area contributed by atoms with Crippen molar-refractivity contribution in [3.05, 3.63) is 41.7 Å². The van der Waals surface area contributed by atoms with Crippen molar-refractivity contribution in [3.63, 3.8) is 0 Å². The van der Waals surface area contributed by atoms with E-state index in [0.29, 0.717) is 23.5 Å². The summed E-state index contributed by atoms with van der Waals surface area (Å²) in [5, 5.41) is 7.22. The van der Waals surface area contributed by atoms with Crippen molar-refractivity contribution in [2.75, 3.05) is 13.7 Å². The van der Waals surface area contributed by atoms with E-state index in [-0.39, 0.29) is 5.69 Å². The third-order valence-corrected chi connectivity index (χ3v) is 3.15. The molecule has 6 heteroatoms. The predicted octanol–water partition coefficient (Wildman–Crippen LogP) is 3.32. The normalized spacial score (nSPS) is 11.1. The minimum absolute atomic E-state index is 0.0660. The van der Waals surface area contributed by atoms with E-state index in [1.54, 1.807) is 31.4 Å². The highest BCUT2D eigenvalue weighted by Gasteiger charge is 2.20. The Bertz CT molecular complexity index is 567. The lowest BCUT2D eigenvalue weighted by molar-refractivity contribution is 0.141. The molecule has 0 spiro atoms. The first-order valence-corrected chi connectivity index (χ1v) is 6.87. The van der Waals surface area contributed by atoms with Crippen molar-refractivity contribution in [1.29, 1.82) is 0 Å². The van der Waals surface area contributed by atoms with Gasteiger partial charge < -0.3 is 10.1 Å². The minimum Gasteiger partial charge on any atom is -0.497 e. The molecule has 0 amide bonds. The number of ether oxygens (including phenoxy) is 1. The van der Waals surface area contributed by atoms with Gasteiger partial charge in [0.1, 0.15) is 11.4 Å². The highest BCUT2D eigenvalue weighted by atomic mass is 19.3. The van der Waals surface area contributed by atoms with Crippen molar-refractivity contribution in [3.8, 4) is 11.4 Å². The Hall–Kier alpha value is -1.95. The summed E-state index contributed by atoms with van der Waals surface area (Å²) in [6.45, 7) is 3.21. The van der Waals surface area contributed by atoms with Crippen LogP contribution in [0.5, 0.6) is 5.75 Å². The zero-order valence-electron chi connectivity index (χ0n) is 12.1. The maximum Gasteiger partial charge on any atom is 0.280 e. The number of alkyl halides is 2. The molecule has 0 saturated heterocycles. The zero-order chi connectivity index (χ0) is 15.2. The standard InChI is InChI=1S/C15H19F2N3O/c1-3-8-18-9-11-10-19-20(14(11)15(16)17)12-4-6-13(21-2)7-5-12/h4-7,10,15,18H,3,8-9H2,1-2H3. The molecule has 0 aliphatic rings. The first kappa shape index (κ1) is 15.4. The highest BCUT2D eigenvalue weighted by molar-refractivity contribution is 5.39. The largest absolute Gasteiger partial charge is 0.497 e. The summed E-state index contributed by atoms with van der Waals surface area (Å²) in [5.41, 5.74) is 1.05. The monoisotopic (exact) mass is 295 g/mol. The maximum atomic E-state index is 13.3. The van der Waals surface area contributed by atoms with Crippen LogP contribution in [0, 0.1) is 0 Å². The maximum absolute atomic E-state index is 13.3. The van der Waals surface area contributed by atoms with Crippen LogP contribution in [-0.2, 0) is 6.54 Å². The summed E-state index contributed by atoms with van der Waals surface area (Å²) in [7, 11) is 1.56. The van der Waals surface area contributed by atoms with E-state index >= 15 is 0 Å². The predicted molar refractivity (Wildman–Crippen MR) is 77.1 cm³/mol. The number of nitrogens with zero attached hydrogens (tertiary/aromatic N) is 2. The molecule has 0 aliphatic heterocycles. The van der Waals surface area contributed by atoms with Crippen LogP contribution >= 0.6 is 0 Å². The summed E-state index contributed by atoms with van der Waals surface area (Å²) < 4.78 is 33.0. The van der Waals surface area contributed by atoms with E-state index in [4.69, 9.17) is 4.74 Å². The van der Waals surface area contributed by atoms with Crippen LogP contribution in [0.1, 0.15) is 31.0 Å². The molecule has 1 heterocycles. The third-order valence-electron chi connectivity index (χ3n) is 3.15. The number of benzene rings is 1. The number of aromatic nitrogens is 2. The number of methoxy groups -OCH3 is 1. The highest BCUT2D eigenvalue weighted by Crippen LogP contribution is 2.26. The van der Waals surface area contributed by atoms with Crippen molar-refractivity contribution in [2.24, 2.45) is 0 Å². The van der Waals surface area contributed by atoms with Crippen molar-refractivity contribution in [2.45, 2.75) is 26.3 Å². The summed E-state index contributed by atoms with van der Waals surface area (Å²) in [6.07, 6.45) is -0.126. The molecule has 0 saturated carbocycles. The Kier molecular flexibility index (Phi) is 5.27.